The molecule has 2 aromatic carbocycles. The summed E-state index contributed by atoms with van der Waals surface area (Å²) in [6.45, 7) is 3.41. The van der Waals surface area contributed by atoms with Crippen LogP contribution >= 0.6 is 12.2 Å². The van der Waals surface area contributed by atoms with Gasteiger partial charge in [0.2, 0.25) is 0 Å². The van der Waals surface area contributed by atoms with Gasteiger partial charge in [0, 0.05) is 23.4 Å². The molecule has 5 nitrogen and oxygen atoms in total. The molecule has 0 fully saturated rings. The average molecular weight is 486 g/mol. The van der Waals surface area contributed by atoms with E-state index in [1.165, 1.54) is 24.3 Å². The maximum atomic E-state index is 12.5. The minimum absolute atomic E-state index is 0.00535. The van der Waals surface area contributed by atoms with Crippen LogP contribution in [-0.4, -0.2) is 23.8 Å². The summed E-state index contributed by atoms with van der Waals surface area (Å²) in [6.07, 6.45) is 3.64. The Hall–Kier alpha value is -3.52. The lowest BCUT2D eigenvalue weighted by atomic mass is 9.88. The first-order chi connectivity index (χ1) is 16.1. The van der Waals surface area contributed by atoms with Gasteiger partial charge in [-0.3, -0.25) is 0 Å². The topological polar surface area (TPSA) is 54.6 Å². The lowest BCUT2D eigenvalue weighted by Gasteiger charge is -2.18. The van der Waals surface area contributed by atoms with Crippen molar-refractivity contribution in [1.82, 2.24) is 0 Å². The molecule has 2 N–H and O–H groups in total. The van der Waals surface area contributed by atoms with Crippen LogP contribution in [0.3, 0.4) is 0 Å². The Kier molecular flexibility index (Phi) is 7.83. The van der Waals surface area contributed by atoms with Gasteiger partial charge in [-0.05, 0) is 59.5 Å². The van der Waals surface area contributed by atoms with Crippen molar-refractivity contribution in [3.05, 3.63) is 84.2 Å². The maximum absolute atomic E-state index is 12.5. The van der Waals surface area contributed by atoms with Crippen molar-refractivity contribution in [2.45, 2.75) is 32.8 Å². The molecule has 0 spiro atoms. The fraction of sp³-hybridized carbons (Fsp3) is 0.231. The predicted molar refractivity (Wildman–Crippen MR) is 133 cm³/mol. The van der Waals surface area contributed by atoms with Crippen LogP contribution in [0.4, 0.5) is 14.5 Å². The van der Waals surface area contributed by atoms with Crippen LogP contribution in [0.25, 0.3) is 11.5 Å². The standard InChI is InChI=1S/C26H26F2N2O3S/c1-26(2,3)18-13-15-30(16-14-18)22(24(34)29-19-7-11-20(32-4)12-8-19)23(31)17-5-9-21(10-6-17)33-25(27)28/h5-16,25H,1-4H3,(H-,29,31,34)/p+1. The number of nitrogens with one attached hydrogen (secondary N) is 1. The number of ether oxygens (including phenoxy) is 2. The van der Waals surface area contributed by atoms with Crippen LogP contribution in [0.1, 0.15) is 31.9 Å². The number of aliphatic hydroxyl groups is 1. The first-order valence-corrected chi connectivity index (χ1v) is 11.0. The van der Waals surface area contributed by atoms with Crippen molar-refractivity contribution in [2.24, 2.45) is 0 Å². The number of hydrogen-bond acceptors (Lipinski definition) is 4. The summed E-state index contributed by atoms with van der Waals surface area (Å²) in [5.74, 6) is 0.575. The minimum Gasteiger partial charge on any atom is -0.502 e. The molecule has 0 amide bonds. The van der Waals surface area contributed by atoms with Crippen molar-refractivity contribution in [3.63, 3.8) is 0 Å². The molecule has 0 saturated carbocycles. The fourth-order valence-electron chi connectivity index (χ4n) is 3.22. The number of aromatic nitrogens is 1. The van der Waals surface area contributed by atoms with Gasteiger partial charge in [-0.25, -0.2) is 0 Å². The highest BCUT2D eigenvalue weighted by Crippen LogP contribution is 2.24. The SMILES string of the molecule is COc1ccc(NC(=S)/C(=C(\O)c2ccc(OC(F)F)cc2)[n+]2ccc(C(C)(C)C)cc2)cc1. The second-order valence-corrected chi connectivity index (χ2v) is 8.94. The Balaban J connectivity index is 2.02. The number of alkyl halides is 2. The zero-order chi connectivity index (χ0) is 24.9. The van der Waals surface area contributed by atoms with E-state index in [1.54, 1.807) is 23.8 Å². The number of anilines is 1. The van der Waals surface area contributed by atoms with E-state index in [0.717, 1.165) is 5.56 Å². The van der Waals surface area contributed by atoms with Crippen LogP contribution in [-0.2, 0) is 5.41 Å². The molecule has 0 aliphatic carbocycles. The van der Waals surface area contributed by atoms with Gasteiger partial charge in [0.1, 0.15) is 11.5 Å². The Labute approximate surface area is 203 Å². The smallest absolute Gasteiger partial charge is 0.387 e. The van der Waals surface area contributed by atoms with Crippen molar-refractivity contribution in [2.75, 3.05) is 12.4 Å². The van der Waals surface area contributed by atoms with Gasteiger partial charge >= 0.3 is 6.61 Å². The normalized spacial score (nSPS) is 12.2. The van der Waals surface area contributed by atoms with Crippen molar-refractivity contribution < 1.29 is 27.9 Å². The number of pyridine rings is 1. The molecule has 0 saturated heterocycles. The molecular weight excluding hydrogens is 458 g/mol. The van der Waals surface area contributed by atoms with Crippen LogP contribution in [0.15, 0.2) is 73.1 Å². The first kappa shape index (κ1) is 25.1. The summed E-state index contributed by atoms with van der Waals surface area (Å²) in [5, 5.41) is 14.3. The molecular formula is C26H27F2N2O3S+. The van der Waals surface area contributed by atoms with E-state index in [-0.39, 0.29) is 21.9 Å². The highest BCUT2D eigenvalue weighted by molar-refractivity contribution is 7.81. The Morgan fingerprint density at radius 3 is 2.00 bits per heavy atom. The number of methoxy groups -OCH3 is 1. The van der Waals surface area contributed by atoms with Gasteiger partial charge in [-0.15, -0.1) is 0 Å². The third-order valence-electron chi connectivity index (χ3n) is 5.09. The summed E-state index contributed by atoms with van der Waals surface area (Å²) in [5.41, 5.74) is 2.50. The van der Waals surface area contributed by atoms with E-state index in [2.05, 4.69) is 30.8 Å². The van der Waals surface area contributed by atoms with E-state index in [4.69, 9.17) is 17.0 Å². The lowest BCUT2D eigenvalue weighted by Crippen LogP contribution is -2.39. The third-order valence-corrected chi connectivity index (χ3v) is 5.39. The second-order valence-electron chi connectivity index (χ2n) is 8.53. The van der Waals surface area contributed by atoms with Crippen molar-refractivity contribution >= 4 is 34.3 Å². The van der Waals surface area contributed by atoms with Gasteiger partial charge in [0.15, 0.2) is 23.1 Å². The lowest BCUT2D eigenvalue weighted by molar-refractivity contribution is -0.575. The zero-order valence-electron chi connectivity index (χ0n) is 19.4. The Morgan fingerprint density at radius 1 is 0.941 bits per heavy atom. The highest BCUT2D eigenvalue weighted by Gasteiger charge is 2.25. The number of nitrogens with zero attached hydrogens (tertiary/aromatic N) is 1. The predicted octanol–water partition coefficient (Wildman–Crippen LogP) is 6.20. The summed E-state index contributed by atoms with van der Waals surface area (Å²) < 4.78 is 36.3. The minimum atomic E-state index is -2.93. The van der Waals surface area contributed by atoms with Crippen LogP contribution in [0, 0.1) is 0 Å². The molecule has 0 unspecified atom stereocenters. The molecule has 0 radical (unpaired) electrons. The maximum Gasteiger partial charge on any atom is 0.387 e. The molecule has 3 rings (SSSR count). The number of benzene rings is 2. The van der Waals surface area contributed by atoms with Gasteiger partial charge in [-0.1, -0.05) is 33.0 Å². The molecule has 0 aliphatic rings. The molecule has 3 aromatic rings. The Bertz CT molecular complexity index is 1150. The second kappa shape index (κ2) is 10.6. The molecule has 34 heavy (non-hydrogen) atoms. The molecule has 0 aliphatic heterocycles. The third kappa shape index (κ3) is 6.29. The van der Waals surface area contributed by atoms with Crippen LogP contribution in [0.2, 0.25) is 0 Å². The van der Waals surface area contributed by atoms with Crippen LogP contribution in [0.5, 0.6) is 11.5 Å². The number of rotatable bonds is 7. The van der Waals surface area contributed by atoms with Crippen LogP contribution < -0.4 is 19.4 Å². The zero-order valence-corrected chi connectivity index (χ0v) is 20.2. The van der Waals surface area contributed by atoms with Gasteiger partial charge < -0.3 is 19.9 Å². The Morgan fingerprint density at radius 2 is 1.50 bits per heavy atom. The van der Waals surface area contributed by atoms with Gasteiger partial charge in [0.25, 0.3) is 5.70 Å². The first-order valence-electron chi connectivity index (χ1n) is 10.5. The van der Waals surface area contributed by atoms with Crippen molar-refractivity contribution in [3.8, 4) is 11.5 Å². The van der Waals surface area contributed by atoms with Gasteiger partial charge in [-0.2, -0.15) is 13.3 Å². The average Bonchev–Trinajstić information content (AvgIpc) is 2.79. The molecule has 1 aromatic heterocycles. The fourth-order valence-corrected chi connectivity index (χ4v) is 3.54. The van der Waals surface area contributed by atoms with E-state index in [9.17, 15) is 13.9 Å². The summed E-state index contributed by atoms with van der Waals surface area (Å²) in [7, 11) is 1.58. The summed E-state index contributed by atoms with van der Waals surface area (Å²) in [6, 6.07) is 16.8. The molecule has 0 bridgehead atoms. The molecule has 1 heterocycles. The number of aliphatic hydroxyl groups excluding tert-OH is 1. The largest absolute Gasteiger partial charge is 0.502 e. The summed E-state index contributed by atoms with van der Waals surface area (Å²) in [4.78, 5) is 0.268. The summed E-state index contributed by atoms with van der Waals surface area (Å²) >= 11 is 5.66. The van der Waals surface area contributed by atoms with E-state index < -0.39 is 6.61 Å². The number of thiocarbonyl (C=S) groups is 1. The number of halogens is 2. The van der Waals surface area contributed by atoms with E-state index in [1.807, 2.05) is 36.7 Å². The monoisotopic (exact) mass is 485 g/mol. The number of hydrogen-bond donors (Lipinski definition) is 2. The molecule has 178 valence electrons. The van der Waals surface area contributed by atoms with Gasteiger partial charge in [0.05, 0.1) is 7.11 Å². The molecule has 0 atom stereocenters. The molecule has 8 heteroatoms. The van der Waals surface area contributed by atoms with Crippen molar-refractivity contribution in [1.29, 1.82) is 0 Å². The van der Waals surface area contributed by atoms with E-state index >= 15 is 0 Å². The quantitative estimate of drug-likeness (QED) is 0.181. The van der Waals surface area contributed by atoms with E-state index in [0.29, 0.717) is 22.7 Å². The highest BCUT2D eigenvalue weighted by atomic mass is 32.1.